The number of halogens is 1. The van der Waals surface area contributed by atoms with Gasteiger partial charge in [-0.3, -0.25) is 4.79 Å². The molecule has 2 rings (SSSR count). The molecule has 0 atom stereocenters. The van der Waals surface area contributed by atoms with Crippen LogP contribution in [0.3, 0.4) is 0 Å². The van der Waals surface area contributed by atoms with Crippen molar-refractivity contribution in [2.24, 2.45) is 0 Å². The van der Waals surface area contributed by atoms with Crippen molar-refractivity contribution < 1.29 is 4.79 Å². The van der Waals surface area contributed by atoms with Crippen LogP contribution in [-0.2, 0) is 6.42 Å². The number of hydrogen-bond donors (Lipinski definition) is 1. The second-order valence-electron chi connectivity index (χ2n) is 3.97. The van der Waals surface area contributed by atoms with Gasteiger partial charge in [0.2, 0.25) is 0 Å². The lowest BCUT2D eigenvalue weighted by molar-refractivity contribution is 0.103. The number of anilines is 1. The topological polar surface area (TPSA) is 43.1 Å². The third-order valence-corrected chi connectivity index (χ3v) is 2.83. The minimum absolute atomic E-state index is 0. The second kappa shape index (κ2) is 6.22. The van der Waals surface area contributed by atoms with Crippen molar-refractivity contribution in [3.05, 3.63) is 65.2 Å². The second-order valence-corrected chi connectivity index (χ2v) is 3.97. The van der Waals surface area contributed by atoms with Gasteiger partial charge in [-0.05, 0) is 24.1 Å². The van der Waals surface area contributed by atoms with Crippen LogP contribution < -0.4 is 5.73 Å². The lowest BCUT2D eigenvalue weighted by atomic mass is 10.0. The number of nitrogens with two attached hydrogens (primary N) is 1. The highest BCUT2D eigenvalue weighted by Gasteiger charge is 2.11. The summed E-state index contributed by atoms with van der Waals surface area (Å²) in [6.07, 6.45) is 0.974. The maximum absolute atomic E-state index is 12.2. The van der Waals surface area contributed by atoms with E-state index in [2.05, 4.69) is 6.92 Å². The van der Waals surface area contributed by atoms with Gasteiger partial charge in [0.1, 0.15) is 0 Å². The Labute approximate surface area is 113 Å². The van der Waals surface area contributed by atoms with Crippen LogP contribution in [-0.4, -0.2) is 5.78 Å². The molecule has 2 aromatic carbocycles. The molecule has 0 heterocycles. The minimum Gasteiger partial charge on any atom is -0.398 e. The van der Waals surface area contributed by atoms with Gasteiger partial charge in [-0.25, -0.2) is 0 Å². The molecule has 2 aromatic rings. The Hall–Kier alpha value is -1.80. The van der Waals surface area contributed by atoms with Crippen molar-refractivity contribution in [3.8, 4) is 0 Å². The van der Waals surface area contributed by atoms with Gasteiger partial charge in [0, 0.05) is 16.8 Å². The summed E-state index contributed by atoms with van der Waals surface area (Å²) in [6.45, 7) is 2.09. The standard InChI is InChI=1S/C15H15NO.ClH/c1-2-11-7-9-12(10-8-11)15(17)13-5-3-4-6-14(13)16;/h3-10H,2,16H2,1H3;1H. The number of para-hydroxylation sites is 1. The summed E-state index contributed by atoms with van der Waals surface area (Å²) in [6, 6.07) is 14.8. The third kappa shape index (κ3) is 2.90. The molecule has 2 N–H and O–H groups in total. The van der Waals surface area contributed by atoms with E-state index in [1.165, 1.54) is 5.56 Å². The molecule has 0 bridgehead atoms. The first-order valence-corrected chi connectivity index (χ1v) is 5.70. The molecule has 0 radical (unpaired) electrons. The maximum atomic E-state index is 12.2. The zero-order valence-electron chi connectivity index (χ0n) is 10.2. The highest BCUT2D eigenvalue weighted by molar-refractivity contribution is 6.12. The zero-order valence-corrected chi connectivity index (χ0v) is 11.0. The number of ketones is 1. The molecule has 18 heavy (non-hydrogen) atoms. The Morgan fingerprint density at radius 3 is 2.22 bits per heavy atom. The molecule has 2 nitrogen and oxygen atoms in total. The van der Waals surface area contributed by atoms with Gasteiger partial charge in [-0.1, -0.05) is 43.3 Å². The van der Waals surface area contributed by atoms with Crippen LogP contribution >= 0.6 is 12.4 Å². The molecule has 0 amide bonds. The van der Waals surface area contributed by atoms with E-state index in [-0.39, 0.29) is 18.2 Å². The van der Waals surface area contributed by atoms with Gasteiger partial charge in [-0.15, -0.1) is 12.4 Å². The molecule has 0 fully saturated rings. The molecule has 0 aromatic heterocycles. The molecule has 3 heteroatoms. The van der Waals surface area contributed by atoms with Crippen molar-refractivity contribution in [3.63, 3.8) is 0 Å². The van der Waals surface area contributed by atoms with Gasteiger partial charge >= 0.3 is 0 Å². The molecule has 0 aliphatic heterocycles. The van der Waals surface area contributed by atoms with E-state index in [1.54, 1.807) is 12.1 Å². The number of rotatable bonds is 3. The Morgan fingerprint density at radius 1 is 1.06 bits per heavy atom. The van der Waals surface area contributed by atoms with Crippen molar-refractivity contribution in [2.45, 2.75) is 13.3 Å². The number of carbonyl (C=O) groups excluding carboxylic acids is 1. The molecule has 0 saturated carbocycles. The SMILES string of the molecule is CCc1ccc(C(=O)c2ccccc2N)cc1.Cl. The summed E-state index contributed by atoms with van der Waals surface area (Å²) in [7, 11) is 0. The molecule has 0 aliphatic rings. The Bertz CT molecular complexity index is 534. The third-order valence-electron chi connectivity index (χ3n) is 2.83. The summed E-state index contributed by atoms with van der Waals surface area (Å²) < 4.78 is 0. The van der Waals surface area contributed by atoms with Crippen molar-refractivity contribution >= 4 is 23.9 Å². The van der Waals surface area contributed by atoms with Gasteiger partial charge in [0.15, 0.2) is 5.78 Å². The monoisotopic (exact) mass is 261 g/mol. The number of nitrogen functional groups attached to an aromatic ring is 1. The number of hydrogen-bond acceptors (Lipinski definition) is 2. The molecular formula is C15H16ClNO. The molecular weight excluding hydrogens is 246 g/mol. The quantitative estimate of drug-likeness (QED) is 0.679. The van der Waals surface area contributed by atoms with Gasteiger partial charge in [0.05, 0.1) is 0 Å². The van der Waals surface area contributed by atoms with Crippen LogP contribution in [0.5, 0.6) is 0 Å². The first-order chi connectivity index (χ1) is 8.22. The van der Waals surface area contributed by atoms with Crippen molar-refractivity contribution in [1.29, 1.82) is 0 Å². The minimum atomic E-state index is -0.0225. The summed E-state index contributed by atoms with van der Waals surface area (Å²) >= 11 is 0. The number of benzene rings is 2. The van der Waals surface area contributed by atoms with Crippen LogP contribution in [0.15, 0.2) is 48.5 Å². The smallest absolute Gasteiger partial charge is 0.195 e. The first kappa shape index (κ1) is 14.3. The molecule has 94 valence electrons. The average molecular weight is 262 g/mol. The van der Waals surface area contributed by atoms with E-state index in [4.69, 9.17) is 5.73 Å². The van der Waals surface area contributed by atoms with E-state index in [1.807, 2.05) is 36.4 Å². The molecule has 0 saturated heterocycles. The van der Waals surface area contributed by atoms with Gasteiger partial charge < -0.3 is 5.73 Å². The highest BCUT2D eigenvalue weighted by Crippen LogP contribution is 2.16. The van der Waals surface area contributed by atoms with Gasteiger partial charge in [-0.2, -0.15) is 0 Å². The summed E-state index contributed by atoms with van der Waals surface area (Å²) in [5, 5.41) is 0. The lowest BCUT2D eigenvalue weighted by Crippen LogP contribution is -2.05. The van der Waals surface area contributed by atoms with E-state index in [0.717, 1.165) is 6.42 Å². The van der Waals surface area contributed by atoms with E-state index >= 15 is 0 Å². The highest BCUT2D eigenvalue weighted by atomic mass is 35.5. The maximum Gasteiger partial charge on any atom is 0.195 e. The lowest BCUT2D eigenvalue weighted by Gasteiger charge is -2.05. The zero-order chi connectivity index (χ0) is 12.3. The predicted octanol–water partition coefficient (Wildman–Crippen LogP) is 3.48. The van der Waals surface area contributed by atoms with Crippen molar-refractivity contribution in [2.75, 3.05) is 5.73 Å². The summed E-state index contributed by atoms with van der Waals surface area (Å²) in [5.41, 5.74) is 8.79. The summed E-state index contributed by atoms with van der Waals surface area (Å²) in [5.74, 6) is -0.0225. The van der Waals surface area contributed by atoms with Crippen LogP contribution in [0, 0.1) is 0 Å². The van der Waals surface area contributed by atoms with E-state index in [9.17, 15) is 4.79 Å². The van der Waals surface area contributed by atoms with Crippen LogP contribution in [0.1, 0.15) is 28.4 Å². The van der Waals surface area contributed by atoms with Crippen LogP contribution in [0.25, 0.3) is 0 Å². The van der Waals surface area contributed by atoms with Crippen LogP contribution in [0.2, 0.25) is 0 Å². The molecule has 0 spiro atoms. The fourth-order valence-electron chi connectivity index (χ4n) is 1.75. The number of aryl methyl sites for hydroxylation is 1. The van der Waals surface area contributed by atoms with Gasteiger partial charge in [0.25, 0.3) is 0 Å². The number of carbonyl (C=O) groups is 1. The van der Waals surface area contributed by atoms with E-state index in [0.29, 0.717) is 16.8 Å². The Kier molecular flexibility index (Phi) is 4.93. The summed E-state index contributed by atoms with van der Waals surface area (Å²) in [4.78, 5) is 12.2. The molecule has 0 unspecified atom stereocenters. The Morgan fingerprint density at radius 2 is 1.67 bits per heavy atom. The average Bonchev–Trinajstić information content (AvgIpc) is 2.39. The first-order valence-electron chi connectivity index (χ1n) is 5.70. The predicted molar refractivity (Wildman–Crippen MR) is 77.4 cm³/mol. The molecule has 0 aliphatic carbocycles. The normalized spacial score (nSPS) is 9.61. The van der Waals surface area contributed by atoms with Crippen molar-refractivity contribution in [1.82, 2.24) is 0 Å². The van der Waals surface area contributed by atoms with E-state index < -0.39 is 0 Å². The largest absolute Gasteiger partial charge is 0.398 e. The Balaban J connectivity index is 0.00000162. The van der Waals surface area contributed by atoms with Crippen LogP contribution in [0.4, 0.5) is 5.69 Å². The fraction of sp³-hybridized carbons (Fsp3) is 0.133. The fourth-order valence-corrected chi connectivity index (χ4v) is 1.75.